The van der Waals surface area contributed by atoms with Crippen LogP contribution in [0.2, 0.25) is 5.02 Å². The van der Waals surface area contributed by atoms with Gasteiger partial charge in [0.15, 0.2) is 0 Å². The molecule has 2 rings (SSSR count). The topological polar surface area (TPSA) is 29.3 Å². The highest BCUT2D eigenvalue weighted by Crippen LogP contribution is 2.35. The molecule has 2 aromatic rings. The molecule has 0 saturated heterocycles. The number of benzene rings is 2. The zero-order valence-electron chi connectivity index (χ0n) is 12.7. The van der Waals surface area contributed by atoms with Crippen molar-refractivity contribution in [2.45, 2.75) is 19.1 Å². The van der Waals surface area contributed by atoms with E-state index < -0.39 is 11.7 Å². The van der Waals surface area contributed by atoms with Gasteiger partial charge in [-0.25, -0.2) is 0 Å². The van der Waals surface area contributed by atoms with E-state index in [0.29, 0.717) is 18.7 Å². The van der Waals surface area contributed by atoms with Crippen LogP contribution in [0.3, 0.4) is 0 Å². The molecule has 0 atom stereocenters. The highest BCUT2D eigenvalue weighted by Gasteiger charge is 2.32. The van der Waals surface area contributed by atoms with E-state index in [0.717, 1.165) is 23.7 Å². The van der Waals surface area contributed by atoms with Crippen LogP contribution in [0.15, 0.2) is 42.5 Å². The normalized spacial score (nSPS) is 11.9. The molecule has 0 fully saturated rings. The van der Waals surface area contributed by atoms with Gasteiger partial charge >= 0.3 is 6.18 Å². The van der Waals surface area contributed by atoms with Gasteiger partial charge < -0.3 is 10.6 Å². The molecule has 6 heteroatoms. The van der Waals surface area contributed by atoms with Gasteiger partial charge in [0.05, 0.1) is 10.6 Å². The third kappa shape index (κ3) is 5.15. The molecule has 23 heavy (non-hydrogen) atoms. The van der Waals surface area contributed by atoms with Crippen LogP contribution >= 0.6 is 11.6 Å². The summed E-state index contributed by atoms with van der Waals surface area (Å²) in [5, 5.41) is -0.256. The molecular formula is C17H18ClF3N2. The van der Waals surface area contributed by atoms with E-state index in [1.807, 2.05) is 31.3 Å². The standard InChI is InChI=1S/C17H18ClF3N2/c1-23(11-13-3-2-4-14(22)9-13)8-7-12-5-6-15(16(18)10-12)17(19,20)21/h2-6,9-10H,7-8,11,22H2,1H3. The highest BCUT2D eigenvalue weighted by atomic mass is 35.5. The number of halogens is 4. The number of nitrogens with zero attached hydrogens (tertiary/aromatic N) is 1. The average Bonchev–Trinajstić information content (AvgIpc) is 2.44. The van der Waals surface area contributed by atoms with Crippen LogP contribution in [0, 0.1) is 0 Å². The van der Waals surface area contributed by atoms with Crippen LogP contribution < -0.4 is 5.73 Å². The average molecular weight is 343 g/mol. The number of nitrogen functional groups attached to an aromatic ring is 1. The number of rotatable bonds is 5. The summed E-state index contributed by atoms with van der Waals surface area (Å²) in [5.74, 6) is 0. The fourth-order valence-corrected chi connectivity index (χ4v) is 2.66. The summed E-state index contributed by atoms with van der Waals surface area (Å²) in [6.07, 6.45) is -3.80. The van der Waals surface area contributed by atoms with Crippen molar-refractivity contribution in [1.82, 2.24) is 4.90 Å². The van der Waals surface area contributed by atoms with Crippen LogP contribution in [0.5, 0.6) is 0 Å². The molecule has 0 amide bonds. The maximum absolute atomic E-state index is 12.7. The van der Waals surface area contributed by atoms with Crippen molar-refractivity contribution in [3.8, 4) is 0 Å². The third-order valence-electron chi connectivity index (χ3n) is 3.52. The summed E-state index contributed by atoms with van der Waals surface area (Å²) in [4.78, 5) is 2.08. The molecule has 0 aromatic heterocycles. The monoisotopic (exact) mass is 342 g/mol. The fraction of sp³-hybridized carbons (Fsp3) is 0.294. The predicted molar refractivity (Wildman–Crippen MR) is 87.3 cm³/mol. The third-order valence-corrected chi connectivity index (χ3v) is 3.84. The summed E-state index contributed by atoms with van der Waals surface area (Å²) < 4.78 is 38.0. The summed E-state index contributed by atoms with van der Waals surface area (Å²) in [7, 11) is 1.95. The minimum Gasteiger partial charge on any atom is -0.399 e. The van der Waals surface area contributed by atoms with Crippen molar-refractivity contribution in [1.29, 1.82) is 0 Å². The summed E-state index contributed by atoms with van der Waals surface area (Å²) in [5.41, 5.74) is 7.53. The second-order valence-electron chi connectivity index (χ2n) is 5.54. The van der Waals surface area contributed by atoms with Gasteiger partial charge in [0.1, 0.15) is 0 Å². The Labute approximate surface area is 138 Å². The Kier molecular flexibility index (Phi) is 5.55. The highest BCUT2D eigenvalue weighted by molar-refractivity contribution is 6.31. The molecule has 0 unspecified atom stereocenters. The number of alkyl halides is 3. The molecule has 0 radical (unpaired) electrons. The second kappa shape index (κ2) is 7.23. The first-order valence-corrected chi connectivity index (χ1v) is 7.52. The first-order chi connectivity index (χ1) is 10.8. The van der Waals surface area contributed by atoms with Crippen LogP contribution in [0.1, 0.15) is 16.7 Å². The van der Waals surface area contributed by atoms with Gasteiger partial charge in [0.25, 0.3) is 0 Å². The van der Waals surface area contributed by atoms with E-state index in [4.69, 9.17) is 17.3 Å². The molecule has 2 aromatic carbocycles. The van der Waals surface area contributed by atoms with Gasteiger partial charge in [0.2, 0.25) is 0 Å². The molecule has 0 bridgehead atoms. The maximum Gasteiger partial charge on any atom is 0.417 e. The first kappa shape index (κ1) is 17.6. The lowest BCUT2D eigenvalue weighted by atomic mass is 10.1. The molecule has 124 valence electrons. The van der Waals surface area contributed by atoms with Crippen molar-refractivity contribution < 1.29 is 13.2 Å². The van der Waals surface area contributed by atoms with Crippen LogP contribution in [-0.2, 0) is 19.1 Å². The number of hydrogen-bond acceptors (Lipinski definition) is 2. The van der Waals surface area contributed by atoms with Gasteiger partial charge in [-0.1, -0.05) is 29.8 Å². The van der Waals surface area contributed by atoms with Gasteiger partial charge in [-0.05, 0) is 48.9 Å². The van der Waals surface area contributed by atoms with Gasteiger partial charge in [-0.2, -0.15) is 13.2 Å². The lowest BCUT2D eigenvalue weighted by molar-refractivity contribution is -0.137. The van der Waals surface area contributed by atoms with Gasteiger partial charge in [0, 0.05) is 18.8 Å². The van der Waals surface area contributed by atoms with Crippen molar-refractivity contribution in [2.24, 2.45) is 0 Å². The van der Waals surface area contributed by atoms with E-state index in [9.17, 15) is 13.2 Å². The predicted octanol–water partition coefficient (Wildman–Crippen LogP) is 4.62. The zero-order chi connectivity index (χ0) is 17.0. The van der Waals surface area contributed by atoms with Crippen molar-refractivity contribution in [3.05, 3.63) is 64.2 Å². The van der Waals surface area contributed by atoms with Crippen molar-refractivity contribution in [2.75, 3.05) is 19.3 Å². The molecule has 2 N–H and O–H groups in total. The summed E-state index contributed by atoms with van der Waals surface area (Å²) >= 11 is 5.73. The molecule has 0 aliphatic carbocycles. The van der Waals surface area contributed by atoms with Gasteiger partial charge in [-0.15, -0.1) is 0 Å². The molecule has 0 saturated carbocycles. The number of anilines is 1. The minimum absolute atomic E-state index is 0.256. The van der Waals surface area contributed by atoms with E-state index in [-0.39, 0.29) is 5.02 Å². The Hall–Kier alpha value is -1.72. The largest absolute Gasteiger partial charge is 0.417 e. The Morgan fingerprint density at radius 2 is 1.83 bits per heavy atom. The Morgan fingerprint density at radius 3 is 2.43 bits per heavy atom. The lowest BCUT2D eigenvalue weighted by Crippen LogP contribution is -2.20. The van der Waals surface area contributed by atoms with Gasteiger partial charge in [-0.3, -0.25) is 0 Å². The van der Waals surface area contributed by atoms with Crippen LogP contribution in [-0.4, -0.2) is 18.5 Å². The molecular weight excluding hydrogens is 325 g/mol. The lowest BCUT2D eigenvalue weighted by Gasteiger charge is -2.17. The second-order valence-corrected chi connectivity index (χ2v) is 5.95. The molecule has 0 aliphatic heterocycles. The Morgan fingerprint density at radius 1 is 1.09 bits per heavy atom. The molecule has 0 heterocycles. The molecule has 0 aliphatic rings. The number of nitrogens with two attached hydrogens (primary N) is 1. The molecule has 2 nitrogen and oxygen atoms in total. The fourth-order valence-electron chi connectivity index (χ4n) is 2.35. The zero-order valence-corrected chi connectivity index (χ0v) is 13.5. The summed E-state index contributed by atoms with van der Waals surface area (Å²) in [6, 6.07) is 11.5. The molecule has 0 spiro atoms. The van der Waals surface area contributed by atoms with E-state index >= 15 is 0 Å². The van der Waals surface area contributed by atoms with Crippen molar-refractivity contribution >= 4 is 17.3 Å². The first-order valence-electron chi connectivity index (χ1n) is 7.14. The summed E-state index contributed by atoms with van der Waals surface area (Å²) in [6.45, 7) is 1.43. The van der Waals surface area contributed by atoms with Crippen LogP contribution in [0.25, 0.3) is 0 Å². The van der Waals surface area contributed by atoms with Crippen molar-refractivity contribution in [3.63, 3.8) is 0 Å². The minimum atomic E-state index is -4.42. The van der Waals surface area contributed by atoms with E-state index in [1.54, 1.807) is 0 Å². The maximum atomic E-state index is 12.7. The van der Waals surface area contributed by atoms with E-state index in [1.165, 1.54) is 12.1 Å². The number of hydrogen-bond donors (Lipinski definition) is 1. The quantitative estimate of drug-likeness (QED) is 0.804. The number of likely N-dealkylation sites (N-methyl/N-ethyl adjacent to an activating group) is 1. The Bertz CT molecular complexity index is 671. The van der Waals surface area contributed by atoms with E-state index in [2.05, 4.69) is 4.90 Å². The Balaban J connectivity index is 1.94. The van der Waals surface area contributed by atoms with Crippen LogP contribution in [0.4, 0.5) is 18.9 Å². The SMILES string of the molecule is CN(CCc1ccc(C(F)(F)F)c(Cl)c1)Cc1cccc(N)c1. The smallest absolute Gasteiger partial charge is 0.399 e.